The molecule has 0 aliphatic rings. The van der Waals surface area contributed by atoms with Gasteiger partial charge in [-0.1, -0.05) is 26.0 Å². The topological polar surface area (TPSA) is 58.4 Å². The summed E-state index contributed by atoms with van der Waals surface area (Å²) in [5.41, 5.74) is 8.67. The third kappa shape index (κ3) is 3.95. The van der Waals surface area contributed by atoms with Crippen molar-refractivity contribution < 1.29 is 4.79 Å². The lowest BCUT2D eigenvalue weighted by atomic mass is 10.1. The van der Waals surface area contributed by atoms with Gasteiger partial charge in [0.1, 0.15) is 0 Å². The highest BCUT2D eigenvalue weighted by Gasteiger charge is 2.10. The standard InChI is InChI=1S/C14H23N3O/c1-10(2)8-16-13(18)9-17(4)12-7-5-6-11(3)14(12)15/h5-7,10H,8-9,15H2,1-4H3,(H,16,18). The summed E-state index contributed by atoms with van der Waals surface area (Å²) in [6, 6.07) is 5.84. The van der Waals surface area contributed by atoms with E-state index >= 15 is 0 Å². The maximum absolute atomic E-state index is 11.7. The number of hydrogen-bond acceptors (Lipinski definition) is 3. The Bertz CT molecular complexity index is 416. The van der Waals surface area contributed by atoms with E-state index in [-0.39, 0.29) is 5.91 Å². The van der Waals surface area contributed by atoms with Crippen LogP contribution < -0.4 is 16.0 Å². The molecule has 0 bridgehead atoms. The van der Waals surface area contributed by atoms with E-state index in [4.69, 9.17) is 5.73 Å². The smallest absolute Gasteiger partial charge is 0.239 e. The van der Waals surface area contributed by atoms with Crippen molar-refractivity contribution in [3.05, 3.63) is 23.8 Å². The molecule has 100 valence electrons. The minimum Gasteiger partial charge on any atom is -0.397 e. The van der Waals surface area contributed by atoms with Crippen molar-refractivity contribution in [2.75, 3.05) is 30.8 Å². The number of amides is 1. The molecule has 1 amide bonds. The van der Waals surface area contributed by atoms with Crippen LogP contribution in [0, 0.1) is 12.8 Å². The molecule has 0 aliphatic heterocycles. The maximum atomic E-state index is 11.7. The maximum Gasteiger partial charge on any atom is 0.239 e. The number of likely N-dealkylation sites (N-methyl/N-ethyl adjacent to an activating group) is 1. The first-order chi connectivity index (χ1) is 8.41. The lowest BCUT2D eigenvalue weighted by Crippen LogP contribution is -2.37. The minimum atomic E-state index is 0.0205. The Hall–Kier alpha value is -1.71. The summed E-state index contributed by atoms with van der Waals surface area (Å²) in [5.74, 6) is 0.482. The van der Waals surface area contributed by atoms with Crippen LogP contribution in [0.5, 0.6) is 0 Å². The number of aryl methyl sites for hydroxylation is 1. The first-order valence-electron chi connectivity index (χ1n) is 6.24. The van der Waals surface area contributed by atoms with Crippen molar-refractivity contribution in [1.82, 2.24) is 5.32 Å². The fourth-order valence-electron chi connectivity index (χ4n) is 1.67. The normalized spacial score (nSPS) is 10.5. The third-order valence-electron chi connectivity index (χ3n) is 2.80. The average Bonchev–Trinajstić information content (AvgIpc) is 2.30. The first-order valence-corrected chi connectivity index (χ1v) is 6.24. The molecule has 4 heteroatoms. The monoisotopic (exact) mass is 249 g/mol. The zero-order chi connectivity index (χ0) is 13.7. The molecule has 1 aromatic carbocycles. The summed E-state index contributed by atoms with van der Waals surface area (Å²) in [6.45, 7) is 7.13. The summed E-state index contributed by atoms with van der Waals surface area (Å²) >= 11 is 0. The molecule has 0 heterocycles. The number of benzene rings is 1. The molecule has 0 fully saturated rings. The van der Waals surface area contributed by atoms with Crippen molar-refractivity contribution >= 4 is 17.3 Å². The van der Waals surface area contributed by atoms with Gasteiger partial charge in [-0.15, -0.1) is 0 Å². The predicted octanol–water partition coefficient (Wildman–Crippen LogP) is 1.79. The van der Waals surface area contributed by atoms with Crippen LogP contribution in [0.4, 0.5) is 11.4 Å². The van der Waals surface area contributed by atoms with Gasteiger partial charge in [0.05, 0.1) is 17.9 Å². The van der Waals surface area contributed by atoms with Gasteiger partial charge in [0.2, 0.25) is 5.91 Å². The lowest BCUT2D eigenvalue weighted by molar-refractivity contribution is -0.119. The van der Waals surface area contributed by atoms with Gasteiger partial charge in [-0.25, -0.2) is 0 Å². The second-order valence-corrected chi connectivity index (χ2v) is 5.06. The van der Waals surface area contributed by atoms with Crippen LogP contribution in [0.15, 0.2) is 18.2 Å². The fraction of sp³-hybridized carbons (Fsp3) is 0.500. The van der Waals surface area contributed by atoms with Crippen molar-refractivity contribution in [3.8, 4) is 0 Å². The molecular formula is C14H23N3O. The van der Waals surface area contributed by atoms with Gasteiger partial charge in [0, 0.05) is 13.6 Å². The number of nitrogens with one attached hydrogen (secondary N) is 1. The van der Waals surface area contributed by atoms with Crippen LogP contribution >= 0.6 is 0 Å². The zero-order valence-electron chi connectivity index (χ0n) is 11.7. The quantitative estimate of drug-likeness (QED) is 0.782. The van der Waals surface area contributed by atoms with Crippen molar-refractivity contribution in [2.24, 2.45) is 5.92 Å². The number of nitrogens with zero attached hydrogens (tertiary/aromatic N) is 1. The number of carbonyl (C=O) groups is 1. The van der Waals surface area contributed by atoms with Crippen molar-refractivity contribution in [2.45, 2.75) is 20.8 Å². The Morgan fingerprint density at radius 1 is 1.44 bits per heavy atom. The van der Waals surface area contributed by atoms with Gasteiger partial charge >= 0.3 is 0 Å². The Morgan fingerprint density at radius 3 is 2.72 bits per heavy atom. The van der Waals surface area contributed by atoms with E-state index < -0.39 is 0 Å². The molecule has 4 nitrogen and oxygen atoms in total. The van der Waals surface area contributed by atoms with E-state index in [1.54, 1.807) is 0 Å². The average molecular weight is 249 g/mol. The zero-order valence-corrected chi connectivity index (χ0v) is 11.7. The summed E-state index contributed by atoms with van der Waals surface area (Å²) < 4.78 is 0. The number of anilines is 2. The molecule has 18 heavy (non-hydrogen) atoms. The highest BCUT2D eigenvalue weighted by molar-refractivity contribution is 5.83. The number of nitrogens with two attached hydrogens (primary N) is 1. The summed E-state index contributed by atoms with van der Waals surface area (Å²) in [4.78, 5) is 13.6. The molecule has 0 saturated heterocycles. The molecule has 0 radical (unpaired) electrons. The van der Waals surface area contributed by atoms with Crippen LogP contribution in [0.2, 0.25) is 0 Å². The van der Waals surface area contributed by atoms with Gasteiger partial charge in [0.25, 0.3) is 0 Å². The molecule has 0 unspecified atom stereocenters. The largest absolute Gasteiger partial charge is 0.397 e. The number of rotatable bonds is 5. The molecule has 0 aliphatic carbocycles. The van der Waals surface area contributed by atoms with Gasteiger partial charge in [-0.3, -0.25) is 4.79 Å². The number of hydrogen-bond donors (Lipinski definition) is 2. The van der Waals surface area contributed by atoms with Crippen molar-refractivity contribution in [1.29, 1.82) is 0 Å². The highest BCUT2D eigenvalue weighted by atomic mass is 16.2. The summed E-state index contributed by atoms with van der Waals surface area (Å²) in [6.07, 6.45) is 0. The van der Waals surface area contributed by atoms with Crippen LogP contribution in [-0.4, -0.2) is 26.0 Å². The molecule has 0 aromatic heterocycles. The van der Waals surface area contributed by atoms with Gasteiger partial charge in [-0.05, 0) is 24.5 Å². The Balaban J connectivity index is 2.62. The number of carbonyl (C=O) groups excluding carboxylic acids is 1. The van der Waals surface area contributed by atoms with E-state index in [0.29, 0.717) is 19.0 Å². The van der Waals surface area contributed by atoms with E-state index in [0.717, 1.165) is 16.9 Å². The molecule has 1 aromatic rings. The van der Waals surface area contributed by atoms with Crippen LogP contribution in [0.25, 0.3) is 0 Å². The first kappa shape index (κ1) is 14.4. The molecule has 0 atom stereocenters. The second kappa shape index (κ2) is 6.28. The lowest BCUT2D eigenvalue weighted by Gasteiger charge is -2.21. The minimum absolute atomic E-state index is 0.0205. The van der Waals surface area contributed by atoms with E-state index in [9.17, 15) is 4.79 Å². The summed E-state index contributed by atoms with van der Waals surface area (Å²) in [5, 5.41) is 2.90. The second-order valence-electron chi connectivity index (χ2n) is 5.06. The van der Waals surface area contributed by atoms with Crippen LogP contribution in [-0.2, 0) is 4.79 Å². The number of nitrogen functional groups attached to an aromatic ring is 1. The van der Waals surface area contributed by atoms with Crippen molar-refractivity contribution in [3.63, 3.8) is 0 Å². The number of para-hydroxylation sites is 1. The van der Waals surface area contributed by atoms with Gasteiger partial charge in [0.15, 0.2) is 0 Å². The molecule has 0 saturated carbocycles. The van der Waals surface area contributed by atoms with Crippen LogP contribution in [0.1, 0.15) is 19.4 Å². The molecule has 0 spiro atoms. The highest BCUT2D eigenvalue weighted by Crippen LogP contribution is 2.24. The molecular weight excluding hydrogens is 226 g/mol. The van der Waals surface area contributed by atoms with E-state index in [2.05, 4.69) is 19.2 Å². The Labute approximate surface area is 109 Å². The van der Waals surface area contributed by atoms with Gasteiger partial charge in [-0.2, -0.15) is 0 Å². The summed E-state index contributed by atoms with van der Waals surface area (Å²) in [7, 11) is 1.88. The fourth-order valence-corrected chi connectivity index (χ4v) is 1.67. The van der Waals surface area contributed by atoms with Gasteiger partial charge < -0.3 is 16.0 Å². The molecule has 1 rings (SSSR count). The third-order valence-corrected chi connectivity index (χ3v) is 2.80. The van der Waals surface area contributed by atoms with Crippen LogP contribution in [0.3, 0.4) is 0 Å². The predicted molar refractivity (Wildman–Crippen MR) is 76.7 cm³/mol. The van der Waals surface area contributed by atoms with E-state index in [1.165, 1.54) is 0 Å². The SMILES string of the molecule is Cc1cccc(N(C)CC(=O)NCC(C)C)c1N. The van der Waals surface area contributed by atoms with E-state index in [1.807, 2.05) is 37.1 Å². The Morgan fingerprint density at radius 2 is 2.11 bits per heavy atom. The molecule has 3 N–H and O–H groups in total. The Kier molecular flexibility index (Phi) is 5.01.